The molecule has 3 rings (SSSR count). The third-order valence-corrected chi connectivity index (χ3v) is 6.45. The van der Waals surface area contributed by atoms with Crippen LogP contribution in [-0.4, -0.2) is 36.2 Å². The zero-order chi connectivity index (χ0) is 21.0. The second-order valence-corrected chi connectivity index (χ2v) is 8.64. The molecule has 0 saturated carbocycles. The van der Waals surface area contributed by atoms with E-state index in [1.54, 1.807) is 14.1 Å². The van der Waals surface area contributed by atoms with E-state index >= 15 is 0 Å². The Hall–Kier alpha value is -1.89. The summed E-state index contributed by atoms with van der Waals surface area (Å²) in [6.45, 7) is 7.09. The molecule has 7 nitrogen and oxygen atoms in total. The van der Waals surface area contributed by atoms with Gasteiger partial charge in [0.2, 0.25) is 0 Å². The van der Waals surface area contributed by atoms with Crippen LogP contribution in [0.1, 0.15) is 77.5 Å². The smallest absolute Gasteiger partial charge is 0.321 e. The first-order valence-corrected chi connectivity index (χ1v) is 11.3. The highest BCUT2D eigenvalue weighted by molar-refractivity contribution is 5.71. The summed E-state index contributed by atoms with van der Waals surface area (Å²) in [5.41, 5.74) is 0.538. The van der Waals surface area contributed by atoms with Crippen LogP contribution in [0, 0.1) is 0 Å². The number of fused-ring (bicyclic) bond motifs is 1. The topological polar surface area (TPSA) is 65.1 Å². The highest BCUT2D eigenvalue weighted by atomic mass is 16.2. The molecule has 0 radical (unpaired) electrons. The normalized spacial score (nSPS) is 18.0. The van der Waals surface area contributed by atoms with Gasteiger partial charge in [0, 0.05) is 26.7 Å². The number of imidazole rings is 1. The SMILES string of the molecule is CCCCCCCCn1c(CN2CCCCC2C)nc2c1c(=O)n(C)c(=O)n2C. The molecule has 0 amide bonds. The molecule has 0 aromatic carbocycles. The first-order chi connectivity index (χ1) is 14.0. The lowest BCUT2D eigenvalue weighted by molar-refractivity contribution is 0.147. The summed E-state index contributed by atoms with van der Waals surface area (Å²) >= 11 is 0. The molecule has 0 aliphatic carbocycles. The van der Waals surface area contributed by atoms with E-state index in [0.717, 1.165) is 38.3 Å². The molecule has 2 aromatic heterocycles. The second kappa shape index (κ2) is 9.74. The minimum absolute atomic E-state index is 0.237. The van der Waals surface area contributed by atoms with Crippen LogP contribution in [0.25, 0.3) is 11.2 Å². The lowest BCUT2D eigenvalue weighted by Gasteiger charge is -2.33. The zero-order valence-corrected chi connectivity index (χ0v) is 18.6. The van der Waals surface area contributed by atoms with E-state index in [9.17, 15) is 9.59 Å². The van der Waals surface area contributed by atoms with Gasteiger partial charge in [-0.15, -0.1) is 0 Å². The van der Waals surface area contributed by atoms with Gasteiger partial charge in [0.25, 0.3) is 5.56 Å². The van der Waals surface area contributed by atoms with E-state index in [-0.39, 0.29) is 11.2 Å². The molecule has 2 aromatic rings. The molecule has 0 spiro atoms. The highest BCUT2D eigenvalue weighted by Crippen LogP contribution is 2.21. The Morgan fingerprint density at radius 3 is 2.45 bits per heavy atom. The van der Waals surface area contributed by atoms with Crippen LogP contribution in [0.15, 0.2) is 9.59 Å². The summed E-state index contributed by atoms with van der Waals surface area (Å²) in [5, 5.41) is 0. The largest absolute Gasteiger partial charge is 0.332 e. The number of nitrogens with zero attached hydrogens (tertiary/aromatic N) is 5. The van der Waals surface area contributed by atoms with Gasteiger partial charge in [-0.1, -0.05) is 45.4 Å². The standard InChI is InChI=1S/C22H37N5O2/c1-5-6-7-8-9-11-15-27-18(16-26-14-12-10-13-17(26)2)23-20-19(27)21(28)25(4)22(29)24(20)3/h17H,5-16H2,1-4H3. The Kier molecular flexibility index (Phi) is 7.33. The second-order valence-electron chi connectivity index (χ2n) is 8.64. The van der Waals surface area contributed by atoms with Gasteiger partial charge < -0.3 is 4.57 Å². The molecule has 1 unspecified atom stereocenters. The molecule has 1 fully saturated rings. The number of aryl methyl sites for hydroxylation is 2. The van der Waals surface area contributed by atoms with E-state index in [0.29, 0.717) is 17.2 Å². The summed E-state index contributed by atoms with van der Waals surface area (Å²) in [6.07, 6.45) is 10.9. The number of likely N-dealkylation sites (tertiary alicyclic amines) is 1. The first-order valence-electron chi connectivity index (χ1n) is 11.3. The van der Waals surface area contributed by atoms with Crippen LogP contribution >= 0.6 is 0 Å². The van der Waals surface area contributed by atoms with Crippen LogP contribution in [0.5, 0.6) is 0 Å². The van der Waals surface area contributed by atoms with Crippen LogP contribution < -0.4 is 11.2 Å². The average Bonchev–Trinajstić information content (AvgIpc) is 3.07. The lowest BCUT2D eigenvalue weighted by Crippen LogP contribution is -2.38. The minimum atomic E-state index is -0.315. The maximum Gasteiger partial charge on any atom is 0.332 e. The van der Waals surface area contributed by atoms with Crippen molar-refractivity contribution in [2.75, 3.05) is 6.54 Å². The van der Waals surface area contributed by atoms with Crippen molar-refractivity contribution in [3.8, 4) is 0 Å². The number of piperidine rings is 1. The number of rotatable bonds is 9. The van der Waals surface area contributed by atoms with E-state index in [1.165, 1.54) is 54.1 Å². The fraction of sp³-hybridized carbons (Fsp3) is 0.773. The van der Waals surface area contributed by atoms with Crippen molar-refractivity contribution in [3.05, 3.63) is 26.7 Å². The molecule has 7 heteroatoms. The first kappa shape index (κ1) is 21.8. The number of hydrogen-bond acceptors (Lipinski definition) is 4. The van der Waals surface area contributed by atoms with Crippen LogP contribution in [0.4, 0.5) is 0 Å². The van der Waals surface area contributed by atoms with E-state index in [4.69, 9.17) is 4.98 Å². The molecule has 0 bridgehead atoms. The third-order valence-electron chi connectivity index (χ3n) is 6.45. The molecule has 0 N–H and O–H groups in total. The quantitative estimate of drug-likeness (QED) is 0.603. The van der Waals surface area contributed by atoms with Crippen molar-refractivity contribution >= 4 is 11.2 Å². The van der Waals surface area contributed by atoms with Gasteiger partial charge in [0.15, 0.2) is 11.2 Å². The molecular formula is C22H37N5O2. The van der Waals surface area contributed by atoms with Gasteiger partial charge in [0.05, 0.1) is 6.54 Å². The summed E-state index contributed by atoms with van der Waals surface area (Å²) in [4.78, 5) is 32.6. The summed E-state index contributed by atoms with van der Waals surface area (Å²) < 4.78 is 4.81. The Balaban J connectivity index is 1.93. The lowest BCUT2D eigenvalue weighted by atomic mass is 10.0. The summed E-state index contributed by atoms with van der Waals surface area (Å²) in [5.74, 6) is 0.917. The van der Waals surface area contributed by atoms with Gasteiger partial charge in [-0.3, -0.25) is 18.8 Å². The molecular weight excluding hydrogens is 366 g/mol. The van der Waals surface area contributed by atoms with Crippen molar-refractivity contribution in [1.82, 2.24) is 23.6 Å². The maximum atomic E-state index is 12.9. The fourth-order valence-electron chi connectivity index (χ4n) is 4.48. The van der Waals surface area contributed by atoms with Gasteiger partial charge in [-0.25, -0.2) is 9.78 Å². The highest BCUT2D eigenvalue weighted by Gasteiger charge is 2.23. The molecule has 162 valence electrons. The number of hydrogen-bond donors (Lipinski definition) is 0. The van der Waals surface area contributed by atoms with E-state index in [1.807, 2.05) is 0 Å². The van der Waals surface area contributed by atoms with Crippen molar-refractivity contribution in [1.29, 1.82) is 0 Å². The van der Waals surface area contributed by atoms with Gasteiger partial charge in [-0.05, 0) is 32.7 Å². The summed E-state index contributed by atoms with van der Waals surface area (Å²) in [7, 11) is 3.26. The molecule has 1 aliphatic heterocycles. The van der Waals surface area contributed by atoms with E-state index < -0.39 is 0 Å². The Labute approximate surface area is 173 Å². The Morgan fingerprint density at radius 1 is 1.00 bits per heavy atom. The van der Waals surface area contributed by atoms with Gasteiger partial charge in [-0.2, -0.15) is 0 Å². The molecule has 1 aliphatic rings. The van der Waals surface area contributed by atoms with Crippen LogP contribution in [0.3, 0.4) is 0 Å². The molecule has 1 atom stereocenters. The van der Waals surface area contributed by atoms with Crippen LogP contribution in [0.2, 0.25) is 0 Å². The third kappa shape index (κ3) is 4.65. The monoisotopic (exact) mass is 403 g/mol. The minimum Gasteiger partial charge on any atom is -0.321 e. The maximum absolute atomic E-state index is 12.9. The predicted molar refractivity (Wildman–Crippen MR) is 117 cm³/mol. The van der Waals surface area contributed by atoms with Crippen molar-refractivity contribution in [2.45, 2.75) is 90.8 Å². The predicted octanol–water partition coefficient (Wildman–Crippen LogP) is 3.17. The average molecular weight is 404 g/mol. The van der Waals surface area contributed by atoms with E-state index in [2.05, 4.69) is 23.3 Å². The molecule has 3 heterocycles. The zero-order valence-electron chi connectivity index (χ0n) is 18.6. The number of unbranched alkanes of at least 4 members (excludes halogenated alkanes) is 5. The van der Waals surface area contributed by atoms with Crippen molar-refractivity contribution < 1.29 is 0 Å². The fourth-order valence-corrected chi connectivity index (χ4v) is 4.48. The van der Waals surface area contributed by atoms with Crippen molar-refractivity contribution in [3.63, 3.8) is 0 Å². The summed E-state index contributed by atoms with van der Waals surface area (Å²) in [6, 6.07) is 0.526. The van der Waals surface area contributed by atoms with Gasteiger partial charge in [0.1, 0.15) is 5.82 Å². The van der Waals surface area contributed by atoms with Crippen molar-refractivity contribution in [2.24, 2.45) is 14.1 Å². The molecule has 29 heavy (non-hydrogen) atoms. The Bertz CT molecular complexity index is 939. The number of aromatic nitrogens is 4. The molecule has 1 saturated heterocycles. The van der Waals surface area contributed by atoms with Gasteiger partial charge >= 0.3 is 5.69 Å². The van der Waals surface area contributed by atoms with Crippen LogP contribution in [-0.2, 0) is 27.2 Å². The Morgan fingerprint density at radius 2 is 1.72 bits per heavy atom.